The Morgan fingerprint density at radius 2 is 2.25 bits per heavy atom. The summed E-state index contributed by atoms with van der Waals surface area (Å²) in [5.74, 6) is -0.241. The number of aromatic nitrogens is 5. The van der Waals surface area contributed by atoms with Gasteiger partial charge in [0.1, 0.15) is 11.5 Å². The number of anilines is 1. The Morgan fingerprint density at radius 3 is 2.80 bits per heavy atom. The molecule has 0 aliphatic heterocycles. The van der Waals surface area contributed by atoms with Crippen molar-refractivity contribution >= 4 is 11.8 Å². The maximum absolute atomic E-state index is 11.2. The lowest BCUT2D eigenvalue weighted by atomic mass is 10.2. The Bertz CT molecular complexity index is 624. The van der Waals surface area contributed by atoms with E-state index in [-0.39, 0.29) is 11.6 Å². The fourth-order valence-corrected chi connectivity index (χ4v) is 1.58. The van der Waals surface area contributed by atoms with E-state index in [4.69, 9.17) is 5.11 Å². The first kappa shape index (κ1) is 13.9. The molecule has 2 aromatic heterocycles. The summed E-state index contributed by atoms with van der Waals surface area (Å²) < 4.78 is 0. The second-order valence-corrected chi connectivity index (χ2v) is 4.49. The molecule has 0 aromatic carbocycles. The highest BCUT2D eigenvalue weighted by Crippen LogP contribution is 2.18. The summed E-state index contributed by atoms with van der Waals surface area (Å²) in [5.41, 5.74) is 0.511. The number of tetrazole rings is 1. The largest absolute Gasteiger partial charge is 0.478 e. The third-order valence-corrected chi connectivity index (χ3v) is 2.82. The molecule has 0 fully saturated rings. The van der Waals surface area contributed by atoms with Gasteiger partial charge in [0.15, 0.2) is 0 Å². The van der Waals surface area contributed by atoms with Crippen LogP contribution in [0.15, 0.2) is 12.1 Å². The van der Waals surface area contributed by atoms with E-state index >= 15 is 0 Å². The average Bonchev–Trinajstić information content (AvgIpc) is 2.85. The first-order chi connectivity index (χ1) is 9.49. The second-order valence-electron chi connectivity index (χ2n) is 4.49. The van der Waals surface area contributed by atoms with Crippen molar-refractivity contribution in [2.45, 2.75) is 26.3 Å². The lowest BCUT2D eigenvalue weighted by molar-refractivity contribution is 0.0697. The Morgan fingerprint density at radius 1 is 1.50 bits per heavy atom. The summed E-state index contributed by atoms with van der Waals surface area (Å²) in [6, 6.07) is 3.12. The Kier molecular flexibility index (Phi) is 3.92. The third kappa shape index (κ3) is 3.08. The highest BCUT2D eigenvalue weighted by Gasteiger charge is 2.14. The van der Waals surface area contributed by atoms with E-state index in [9.17, 15) is 4.79 Å². The van der Waals surface area contributed by atoms with E-state index in [0.717, 1.165) is 6.42 Å². The molecule has 2 rings (SSSR count). The van der Waals surface area contributed by atoms with E-state index < -0.39 is 5.97 Å². The molecular weight excluding hydrogens is 260 g/mol. The van der Waals surface area contributed by atoms with Crippen LogP contribution in [0, 0.1) is 0 Å². The fraction of sp³-hybridized carbons (Fsp3) is 0.417. The van der Waals surface area contributed by atoms with Gasteiger partial charge in [-0.3, -0.25) is 0 Å². The number of aryl methyl sites for hydroxylation is 1. The highest BCUT2D eigenvalue weighted by atomic mass is 16.4. The molecule has 0 bridgehead atoms. The third-order valence-electron chi connectivity index (χ3n) is 2.82. The highest BCUT2D eigenvalue weighted by molar-refractivity contribution is 5.89. The van der Waals surface area contributed by atoms with Crippen molar-refractivity contribution in [3.8, 4) is 11.5 Å². The van der Waals surface area contributed by atoms with Gasteiger partial charge in [-0.2, -0.15) is 4.80 Å². The molecule has 2 heterocycles. The fourth-order valence-electron chi connectivity index (χ4n) is 1.58. The number of carbonyl (C=O) groups is 1. The van der Waals surface area contributed by atoms with Crippen LogP contribution >= 0.6 is 0 Å². The molecule has 2 N–H and O–H groups in total. The number of carboxylic acid groups (broad SMARTS) is 1. The zero-order chi connectivity index (χ0) is 14.7. The minimum absolute atomic E-state index is 0.133. The number of pyridine rings is 1. The number of hydrogen-bond donors (Lipinski definition) is 2. The van der Waals surface area contributed by atoms with Gasteiger partial charge >= 0.3 is 5.97 Å². The average molecular weight is 276 g/mol. The molecule has 1 atom stereocenters. The van der Waals surface area contributed by atoms with Gasteiger partial charge in [-0.05, 0) is 30.7 Å². The minimum Gasteiger partial charge on any atom is -0.478 e. The molecular formula is C12H16N6O2. The van der Waals surface area contributed by atoms with Crippen LogP contribution in [-0.2, 0) is 7.05 Å². The van der Waals surface area contributed by atoms with E-state index in [2.05, 4.69) is 25.7 Å². The van der Waals surface area contributed by atoms with Crippen LogP contribution in [0.4, 0.5) is 5.82 Å². The monoisotopic (exact) mass is 276 g/mol. The van der Waals surface area contributed by atoms with E-state index in [1.54, 1.807) is 7.05 Å². The molecule has 0 saturated carbocycles. The van der Waals surface area contributed by atoms with Crippen molar-refractivity contribution in [3.63, 3.8) is 0 Å². The Balaban J connectivity index is 2.43. The first-order valence-electron chi connectivity index (χ1n) is 6.26. The van der Waals surface area contributed by atoms with Gasteiger partial charge < -0.3 is 10.4 Å². The molecule has 0 radical (unpaired) electrons. The number of rotatable bonds is 5. The van der Waals surface area contributed by atoms with Crippen molar-refractivity contribution in [2.75, 3.05) is 5.32 Å². The van der Waals surface area contributed by atoms with Gasteiger partial charge in [0.2, 0.25) is 5.82 Å². The van der Waals surface area contributed by atoms with Crippen LogP contribution < -0.4 is 5.32 Å². The molecule has 8 heteroatoms. The summed E-state index contributed by atoms with van der Waals surface area (Å²) in [7, 11) is 1.63. The second kappa shape index (κ2) is 5.64. The quantitative estimate of drug-likeness (QED) is 0.844. The minimum atomic E-state index is -1.02. The van der Waals surface area contributed by atoms with Crippen LogP contribution in [0.3, 0.4) is 0 Å². The summed E-state index contributed by atoms with van der Waals surface area (Å²) >= 11 is 0. The summed E-state index contributed by atoms with van der Waals surface area (Å²) in [5, 5.41) is 23.9. The molecule has 0 aliphatic carbocycles. The molecule has 1 unspecified atom stereocenters. The van der Waals surface area contributed by atoms with Crippen LogP contribution in [0.2, 0.25) is 0 Å². The van der Waals surface area contributed by atoms with Gasteiger partial charge in [0.05, 0.1) is 12.6 Å². The van der Waals surface area contributed by atoms with Crippen molar-refractivity contribution in [1.29, 1.82) is 0 Å². The summed E-state index contributed by atoms with van der Waals surface area (Å²) in [6.45, 7) is 4.03. The molecule has 0 aliphatic rings. The maximum atomic E-state index is 11.2. The number of hydrogen-bond acceptors (Lipinski definition) is 6. The van der Waals surface area contributed by atoms with E-state index in [1.165, 1.54) is 16.9 Å². The lowest BCUT2D eigenvalue weighted by Gasteiger charge is -2.13. The SMILES string of the molecule is CCC(C)Nc1cc(C(=O)O)cc(-c2nnn(C)n2)n1. The van der Waals surface area contributed by atoms with Crippen LogP contribution in [0.5, 0.6) is 0 Å². The Hall–Kier alpha value is -2.51. The van der Waals surface area contributed by atoms with Crippen molar-refractivity contribution < 1.29 is 9.90 Å². The van der Waals surface area contributed by atoms with Gasteiger partial charge in [-0.25, -0.2) is 9.78 Å². The molecule has 2 aromatic rings. The van der Waals surface area contributed by atoms with E-state index in [0.29, 0.717) is 17.3 Å². The van der Waals surface area contributed by atoms with Crippen molar-refractivity contribution in [1.82, 2.24) is 25.2 Å². The smallest absolute Gasteiger partial charge is 0.335 e. The predicted octanol–water partition coefficient (Wildman–Crippen LogP) is 1.18. The number of nitrogens with zero attached hydrogens (tertiary/aromatic N) is 5. The standard InChI is InChI=1S/C12H16N6O2/c1-4-7(2)13-10-6-8(12(19)20)5-9(14-10)11-15-17-18(3)16-11/h5-7H,4H2,1-3H3,(H,13,14)(H,19,20). The van der Waals surface area contributed by atoms with Crippen LogP contribution in [0.25, 0.3) is 11.5 Å². The topological polar surface area (TPSA) is 106 Å². The van der Waals surface area contributed by atoms with Gasteiger partial charge in [-0.1, -0.05) is 6.92 Å². The zero-order valence-corrected chi connectivity index (χ0v) is 11.5. The number of nitrogens with one attached hydrogen (secondary N) is 1. The maximum Gasteiger partial charge on any atom is 0.335 e. The molecule has 20 heavy (non-hydrogen) atoms. The predicted molar refractivity (Wildman–Crippen MR) is 72.4 cm³/mol. The molecule has 8 nitrogen and oxygen atoms in total. The number of carboxylic acids is 1. The molecule has 0 amide bonds. The lowest BCUT2D eigenvalue weighted by Crippen LogP contribution is -2.15. The Labute approximate surface area is 115 Å². The van der Waals surface area contributed by atoms with Crippen LogP contribution in [-0.4, -0.2) is 42.3 Å². The van der Waals surface area contributed by atoms with Gasteiger partial charge in [-0.15, -0.1) is 10.2 Å². The van der Waals surface area contributed by atoms with Gasteiger partial charge in [0, 0.05) is 6.04 Å². The number of aromatic carboxylic acids is 1. The van der Waals surface area contributed by atoms with E-state index in [1.807, 2.05) is 13.8 Å². The molecule has 0 saturated heterocycles. The summed E-state index contributed by atoms with van der Waals surface area (Å²) in [4.78, 5) is 16.8. The first-order valence-corrected chi connectivity index (χ1v) is 6.26. The van der Waals surface area contributed by atoms with Crippen molar-refractivity contribution in [2.24, 2.45) is 7.05 Å². The van der Waals surface area contributed by atoms with Crippen molar-refractivity contribution in [3.05, 3.63) is 17.7 Å². The summed E-state index contributed by atoms with van der Waals surface area (Å²) in [6.07, 6.45) is 0.901. The normalized spacial score (nSPS) is 12.2. The molecule has 0 spiro atoms. The van der Waals surface area contributed by atoms with Gasteiger partial charge in [0.25, 0.3) is 0 Å². The zero-order valence-electron chi connectivity index (χ0n) is 11.5. The molecule has 106 valence electrons. The van der Waals surface area contributed by atoms with Crippen LogP contribution in [0.1, 0.15) is 30.6 Å².